The Bertz CT molecular complexity index is 549. The molecule has 0 aliphatic heterocycles. The summed E-state index contributed by atoms with van der Waals surface area (Å²) in [7, 11) is 1.73. The van der Waals surface area contributed by atoms with E-state index in [0.29, 0.717) is 10.8 Å². The topological polar surface area (TPSA) is 55.1 Å². The number of aryl methyl sites for hydroxylation is 1. The van der Waals surface area contributed by atoms with Crippen LogP contribution in [0.3, 0.4) is 0 Å². The number of rotatable bonds is 2. The molecular formula is C11H9ClN2O2. The van der Waals surface area contributed by atoms with E-state index >= 15 is 0 Å². The maximum Gasteiger partial charge on any atom is 0.356 e. The minimum Gasteiger partial charge on any atom is -0.476 e. The van der Waals surface area contributed by atoms with Crippen LogP contribution < -0.4 is 0 Å². The number of carboxylic acid groups (broad SMARTS) is 1. The van der Waals surface area contributed by atoms with Gasteiger partial charge in [-0.15, -0.1) is 0 Å². The lowest BCUT2D eigenvalue weighted by molar-refractivity contribution is 0.0691. The van der Waals surface area contributed by atoms with Crippen molar-refractivity contribution in [1.82, 2.24) is 9.55 Å². The fourth-order valence-corrected chi connectivity index (χ4v) is 1.68. The lowest BCUT2D eigenvalue weighted by Gasteiger charge is -2.02. The summed E-state index contributed by atoms with van der Waals surface area (Å²) in [6.07, 6.45) is 1.46. The monoisotopic (exact) mass is 236 g/mol. The molecule has 2 aromatic rings. The molecule has 0 atom stereocenters. The Kier molecular flexibility index (Phi) is 2.66. The zero-order valence-electron chi connectivity index (χ0n) is 8.51. The van der Waals surface area contributed by atoms with E-state index in [1.165, 1.54) is 6.20 Å². The first-order chi connectivity index (χ1) is 7.59. The van der Waals surface area contributed by atoms with E-state index in [-0.39, 0.29) is 5.69 Å². The van der Waals surface area contributed by atoms with Crippen LogP contribution in [0.15, 0.2) is 30.5 Å². The number of imidazole rings is 1. The highest BCUT2D eigenvalue weighted by Crippen LogP contribution is 2.26. The Balaban J connectivity index is 2.57. The van der Waals surface area contributed by atoms with Crippen molar-refractivity contribution in [1.29, 1.82) is 0 Å². The van der Waals surface area contributed by atoms with E-state index in [1.807, 2.05) is 12.1 Å². The molecule has 1 heterocycles. The Morgan fingerprint density at radius 3 is 2.69 bits per heavy atom. The minimum absolute atomic E-state index is 0.0115. The van der Waals surface area contributed by atoms with Crippen molar-refractivity contribution in [2.75, 3.05) is 0 Å². The predicted octanol–water partition coefficient (Wildman–Crippen LogP) is 2.44. The molecule has 0 aliphatic carbocycles. The Hall–Kier alpha value is -1.81. The van der Waals surface area contributed by atoms with Crippen molar-refractivity contribution in [3.05, 3.63) is 41.2 Å². The fraction of sp³-hybridized carbons (Fsp3) is 0.0909. The van der Waals surface area contributed by atoms with Gasteiger partial charge in [-0.2, -0.15) is 0 Å². The summed E-state index contributed by atoms with van der Waals surface area (Å²) in [6.45, 7) is 0. The molecule has 0 fully saturated rings. The van der Waals surface area contributed by atoms with Crippen LogP contribution in [0.1, 0.15) is 10.5 Å². The van der Waals surface area contributed by atoms with Gasteiger partial charge in [-0.3, -0.25) is 0 Å². The summed E-state index contributed by atoms with van der Waals surface area (Å²) < 4.78 is 1.64. The second-order valence-corrected chi connectivity index (χ2v) is 3.75. The molecule has 1 aromatic heterocycles. The number of hydrogen-bond acceptors (Lipinski definition) is 2. The maximum atomic E-state index is 10.8. The summed E-state index contributed by atoms with van der Waals surface area (Å²) in [5, 5.41) is 9.38. The van der Waals surface area contributed by atoms with Crippen LogP contribution >= 0.6 is 11.6 Å². The molecule has 0 saturated heterocycles. The third-order valence-corrected chi connectivity index (χ3v) is 2.54. The van der Waals surface area contributed by atoms with Crippen LogP contribution in [-0.4, -0.2) is 20.6 Å². The molecule has 4 nitrogen and oxygen atoms in total. The highest BCUT2D eigenvalue weighted by molar-refractivity contribution is 6.33. The van der Waals surface area contributed by atoms with Gasteiger partial charge in [0.25, 0.3) is 0 Å². The second-order valence-electron chi connectivity index (χ2n) is 3.35. The molecule has 0 spiro atoms. The number of carbonyl (C=O) groups is 1. The quantitative estimate of drug-likeness (QED) is 0.871. The van der Waals surface area contributed by atoms with Crippen molar-refractivity contribution >= 4 is 17.6 Å². The molecule has 1 aromatic carbocycles. The van der Waals surface area contributed by atoms with Gasteiger partial charge in [-0.1, -0.05) is 23.7 Å². The highest BCUT2D eigenvalue weighted by Gasteiger charge is 2.14. The molecule has 0 radical (unpaired) electrons. The molecule has 1 N–H and O–H groups in total. The van der Waals surface area contributed by atoms with Crippen molar-refractivity contribution < 1.29 is 9.90 Å². The standard InChI is InChI=1S/C11H9ClN2O2/c1-14-6-9(11(15)16)13-10(14)7-4-2-3-5-8(7)12/h2-6H,1H3,(H,15,16). The van der Waals surface area contributed by atoms with Gasteiger partial charge in [0, 0.05) is 18.8 Å². The molecule has 2 rings (SSSR count). The number of halogens is 1. The lowest BCUT2D eigenvalue weighted by atomic mass is 10.2. The largest absolute Gasteiger partial charge is 0.476 e. The Labute approximate surface area is 97.1 Å². The number of carboxylic acids is 1. The third-order valence-electron chi connectivity index (χ3n) is 2.21. The zero-order valence-corrected chi connectivity index (χ0v) is 9.27. The summed E-state index contributed by atoms with van der Waals surface area (Å²) in [5.74, 6) is -0.503. The lowest BCUT2D eigenvalue weighted by Crippen LogP contribution is -1.95. The molecular weight excluding hydrogens is 228 g/mol. The average molecular weight is 237 g/mol. The smallest absolute Gasteiger partial charge is 0.356 e. The van der Waals surface area contributed by atoms with Gasteiger partial charge in [0.05, 0.1) is 5.02 Å². The average Bonchev–Trinajstić information content (AvgIpc) is 2.61. The van der Waals surface area contributed by atoms with Crippen LogP contribution in [-0.2, 0) is 7.05 Å². The molecule has 0 aliphatic rings. The Morgan fingerprint density at radius 2 is 2.12 bits per heavy atom. The number of aromatic carboxylic acids is 1. The summed E-state index contributed by atoms with van der Waals surface area (Å²) in [6, 6.07) is 7.19. The second kappa shape index (κ2) is 3.98. The minimum atomic E-state index is -1.05. The molecule has 0 saturated carbocycles. The maximum absolute atomic E-state index is 10.8. The summed E-state index contributed by atoms with van der Waals surface area (Å²) in [4.78, 5) is 14.8. The van der Waals surface area contributed by atoms with Crippen LogP contribution in [0, 0.1) is 0 Å². The van der Waals surface area contributed by atoms with Crippen molar-refractivity contribution in [2.45, 2.75) is 0 Å². The van der Waals surface area contributed by atoms with Gasteiger partial charge < -0.3 is 9.67 Å². The number of nitrogens with zero attached hydrogens (tertiary/aromatic N) is 2. The van der Waals surface area contributed by atoms with Crippen molar-refractivity contribution in [2.24, 2.45) is 7.05 Å². The first kappa shape index (κ1) is 10.7. The SMILES string of the molecule is Cn1cc(C(=O)O)nc1-c1ccccc1Cl. The van der Waals surface area contributed by atoms with E-state index in [4.69, 9.17) is 16.7 Å². The van der Waals surface area contributed by atoms with Gasteiger partial charge in [0.1, 0.15) is 5.82 Å². The van der Waals surface area contributed by atoms with Crippen LogP contribution in [0.5, 0.6) is 0 Å². The van der Waals surface area contributed by atoms with Gasteiger partial charge in [0.15, 0.2) is 5.69 Å². The molecule has 5 heteroatoms. The molecule has 0 amide bonds. The Morgan fingerprint density at radius 1 is 1.44 bits per heavy atom. The van der Waals surface area contributed by atoms with Gasteiger partial charge in [-0.05, 0) is 12.1 Å². The summed E-state index contributed by atoms with van der Waals surface area (Å²) in [5.41, 5.74) is 0.733. The van der Waals surface area contributed by atoms with Crippen molar-refractivity contribution in [3.63, 3.8) is 0 Å². The third kappa shape index (κ3) is 1.79. The molecule has 16 heavy (non-hydrogen) atoms. The zero-order chi connectivity index (χ0) is 11.7. The van der Waals surface area contributed by atoms with E-state index in [0.717, 1.165) is 5.56 Å². The van der Waals surface area contributed by atoms with Gasteiger partial charge in [0.2, 0.25) is 0 Å². The van der Waals surface area contributed by atoms with E-state index in [2.05, 4.69) is 4.98 Å². The van der Waals surface area contributed by atoms with Gasteiger partial charge in [-0.25, -0.2) is 9.78 Å². The highest BCUT2D eigenvalue weighted by atomic mass is 35.5. The first-order valence-electron chi connectivity index (χ1n) is 4.61. The predicted molar refractivity (Wildman–Crippen MR) is 60.6 cm³/mol. The molecule has 82 valence electrons. The molecule has 0 unspecified atom stereocenters. The number of benzene rings is 1. The number of hydrogen-bond donors (Lipinski definition) is 1. The fourth-order valence-electron chi connectivity index (χ4n) is 1.46. The number of aromatic nitrogens is 2. The summed E-state index contributed by atoms with van der Waals surface area (Å²) >= 11 is 6.02. The first-order valence-corrected chi connectivity index (χ1v) is 4.99. The van der Waals surface area contributed by atoms with E-state index < -0.39 is 5.97 Å². The van der Waals surface area contributed by atoms with Crippen LogP contribution in [0.25, 0.3) is 11.4 Å². The normalized spacial score (nSPS) is 10.4. The molecule has 0 bridgehead atoms. The van der Waals surface area contributed by atoms with Crippen LogP contribution in [0.4, 0.5) is 0 Å². The van der Waals surface area contributed by atoms with Crippen LogP contribution in [0.2, 0.25) is 5.02 Å². The van der Waals surface area contributed by atoms with E-state index in [1.54, 1.807) is 23.7 Å². The van der Waals surface area contributed by atoms with Gasteiger partial charge >= 0.3 is 5.97 Å². The van der Waals surface area contributed by atoms with Crippen molar-refractivity contribution in [3.8, 4) is 11.4 Å². The van der Waals surface area contributed by atoms with E-state index in [9.17, 15) is 4.79 Å².